The largest absolute Gasteiger partial charge is 0.412 e. The quantitative estimate of drug-likeness (QED) is 0.502. The number of carbonyl (C=O) groups is 1. The molecule has 0 spiro atoms. The topological polar surface area (TPSA) is 71.7 Å². The van der Waals surface area contributed by atoms with Gasteiger partial charge in [-0.2, -0.15) is 0 Å². The number of likely N-dealkylation sites (tertiary alicyclic amines) is 1. The van der Waals surface area contributed by atoms with E-state index >= 15 is 0 Å². The fraction of sp³-hybridized carbons (Fsp3) is 0.400. The number of hydrogen-bond donors (Lipinski definition) is 0. The van der Waals surface area contributed by atoms with Gasteiger partial charge in [-0.15, -0.1) is 22.0 Å². The summed E-state index contributed by atoms with van der Waals surface area (Å²) in [6, 6.07) is 18.2. The molecule has 5 rings (SSSR count). The molecule has 2 saturated heterocycles. The zero-order chi connectivity index (χ0) is 22.6. The van der Waals surface area contributed by atoms with Gasteiger partial charge in [-0.25, -0.2) is 0 Å². The second kappa shape index (κ2) is 10.1. The van der Waals surface area contributed by atoms with Gasteiger partial charge in [0.2, 0.25) is 5.89 Å². The van der Waals surface area contributed by atoms with E-state index in [2.05, 4.69) is 46.4 Å². The zero-order valence-corrected chi connectivity index (χ0v) is 19.5. The van der Waals surface area contributed by atoms with E-state index < -0.39 is 0 Å². The molecule has 0 saturated carbocycles. The van der Waals surface area contributed by atoms with E-state index in [-0.39, 0.29) is 11.8 Å². The summed E-state index contributed by atoms with van der Waals surface area (Å²) in [6.45, 7) is 5.18. The van der Waals surface area contributed by atoms with E-state index in [4.69, 9.17) is 9.15 Å². The fourth-order valence-corrected chi connectivity index (χ4v) is 5.42. The van der Waals surface area contributed by atoms with Crippen molar-refractivity contribution >= 4 is 17.7 Å². The Morgan fingerprint density at radius 3 is 2.64 bits per heavy atom. The number of ether oxygens (including phenoxy) is 1. The average Bonchev–Trinajstić information content (AvgIpc) is 3.50. The van der Waals surface area contributed by atoms with Gasteiger partial charge in [0.1, 0.15) is 0 Å². The minimum atomic E-state index is -0.201. The van der Waals surface area contributed by atoms with Crippen LogP contribution in [0, 0.1) is 5.92 Å². The van der Waals surface area contributed by atoms with Gasteiger partial charge in [-0.3, -0.25) is 4.79 Å². The molecule has 0 N–H and O–H groups in total. The van der Waals surface area contributed by atoms with E-state index in [9.17, 15) is 4.79 Å². The van der Waals surface area contributed by atoms with Crippen LogP contribution in [0.5, 0.6) is 0 Å². The van der Waals surface area contributed by atoms with Gasteiger partial charge in [0.05, 0.1) is 6.61 Å². The van der Waals surface area contributed by atoms with Gasteiger partial charge < -0.3 is 19.0 Å². The molecule has 2 aliphatic heterocycles. The Labute approximate surface area is 198 Å². The number of thioether (sulfide) groups is 1. The first-order valence-electron chi connectivity index (χ1n) is 11.3. The molecule has 2 aromatic carbocycles. The minimum Gasteiger partial charge on any atom is -0.412 e. The van der Waals surface area contributed by atoms with Crippen LogP contribution in [0.4, 0.5) is 0 Å². The molecule has 1 aromatic heterocycles. The van der Waals surface area contributed by atoms with Crippen molar-refractivity contribution in [3.05, 3.63) is 66.1 Å². The van der Waals surface area contributed by atoms with Gasteiger partial charge in [0.25, 0.3) is 0 Å². The molecule has 3 heterocycles. The van der Waals surface area contributed by atoms with Crippen molar-refractivity contribution in [2.45, 2.75) is 23.1 Å². The molecule has 0 radical (unpaired) electrons. The maximum absolute atomic E-state index is 12.6. The first kappa shape index (κ1) is 22.1. The number of nitrogens with zero attached hydrogens (tertiary/aromatic N) is 4. The summed E-state index contributed by atoms with van der Waals surface area (Å²) in [5.74, 6) is 0.876. The van der Waals surface area contributed by atoms with Crippen molar-refractivity contribution in [2.24, 2.45) is 5.92 Å². The molecule has 7 nitrogen and oxygen atoms in total. The van der Waals surface area contributed by atoms with E-state index in [0.29, 0.717) is 30.1 Å². The summed E-state index contributed by atoms with van der Waals surface area (Å²) < 4.78 is 11.1. The minimum absolute atomic E-state index is 0.0509. The fourth-order valence-electron chi connectivity index (χ4n) is 4.23. The van der Waals surface area contributed by atoms with Crippen LogP contribution >= 0.6 is 11.8 Å². The second-order valence-corrected chi connectivity index (χ2v) is 10.2. The highest BCUT2D eigenvalue weighted by Crippen LogP contribution is 2.31. The predicted molar refractivity (Wildman–Crippen MR) is 127 cm³/mol. The lowest BCUT2D eigenvalue weighted by molar-refractivity contribution is 0.0623. The molecule has 172 valence electrons. The Morgan fingerprint density at radius 2 is 1.91 bits per heavy atom. The third kappa shape index (κ3) is 5.46. The van der Waals surface area contributed by atoms with Crippen LogP contribution in [-0.2, 0) is 11.3 Å². The number of aromatic nitrogens is 2. The number of carbonyl (C=O) groups excluding carboxylic acids is 1. The highest BCUT2D eigenvalue weighted by Gasteiger charge is 2.34. The summed E-state index contributed by atoms with van der Waals surface area (Å²) in [7, 11) is 2.17. The first-order chi connectivity index (χ1) is 16.1. The van der Waals surface area contributed by atoms with Gasteiger partial charge in [-0.1, -0.05) is 30.3 Å². The summed E-state index contributed by atoms with van der Waals surface area (Å²) in [5.41, 5.74) is 2.13. The van der Waals surface area contributed by atoms with E-state index in [0.717, 1.165) is 31.9 Å². The van der Waals surface area contributed by atoms with Crippen molar-refractivity contribution < 1.29 is 13.9 Å². The summed E-state index contributed by atoms with van der Waals surface area (Å²) in [4.78, 5) is 18.0. The van der Waals surface area contributed by atoms with Gasteiger partial charge in [0, 0.05) is 48.5 Å². The predicted octanol–water partition coefficient (Wildman–Crippen LogP) is 3.82. The Morgan fingerprint density at radius 1 is 1.12 bits per heavy atom. The van der Waals surface area contributed by atoms with Crippen molar-refractivity contribution in [1.82, 2.24) is 20.0 Å². The normalized spacial score (nSPS) is 18.6. The Bertz CT molecular complexity index is 1060. The molecule has 0 aliphatic carbocycles. The Kier molecular flexibility index (Phi) is 6.75. The number of amides is 1. The van der Waals surface area contributed by atoms with Gasteiger partial charge >= 0.3 is 11.8 Å². The summed E-state index contributed by atoms with van der Waals surface area (Å²) in [5, 5.41) is 8.33. The molecular formula is C25H28N4O3S. The molecule has 1 atom stereocenters. The smallest absolute Gasteiger partial charge is 0.311 e. The van der Waals surface area contributed by atoms with Crippen LogP contribution in [0.25, 0.3) is 11.5 Å². The first-order valence-corrected chi connectivity index (χ1v) is 12.2. The highest BCUT2D eigenvalue weighted by atomic mass is 32.2. The van der Waals surface area contributed by atoms with Gasteiger partial charge in [-0.05, 0) is 49.2 Å². The Balaban J connectivity index is 1.08. The van der Waals surface area contributed by atoms with Crippen LogP contribution in [0.2, 0.25) is 0 Å². The van der Waals surface area contributed by atoms with Crippen molar-refractivity contribution in [3.8, 4) is 11.5 Å². The average molecular weight is 465 g/mol. The number of hydrogen-bond acceptors (Lipinski definition) is 7. The van der Waals surface area contributed by atoms with Crippen molar-refractivity contribution in [3.63, 3.8) is 0 Å². The molecule has 3 aromatic rings. The molecule has 1 unspecified atom stereocenters. The molecule has 2 fully saturated rings. The SMILES string of the molecule is CN(Cc1ccc(SC2CN(C(=O)c3nnc(-c4ccccc4)o3)C2)cc1)CC1CCOC1. The number of benzene rings is 2. The monoisotopic (exact) mass is 464 g/mol. The zero-order valence-electron chi connectivity index (χ0n) is 18.7. The summed E-state index contributed by atoms with van der Waals surface area (Å²) >= 11 is 1.81. The maximum atomic E-state index is 12.6. The summed E-state index contributed by atoms with van der Waals surface area (Å²) in [6.07, 6.45) is 1.17. The van der Waals surface area contributed by atoms with E-state index in [1.54, 1.807) is 4.90 Å². The molecular weight excluding hydrogens is 436 g/mol. The third-order valence-corrected chi connectivity index (χ3v) is 7.21. The van der Waals surface area contributed by atoms with E-state index in [1.807, 2.05) is 42.1 Å². The maximum Gasteiger partial charge on any atom is 0.311 e. The second-order valence-electron chi connectivity index (χ2n) is 8.80. The molecule has 8 heteroatoms. The third-order valence-electron chi connectivity index (χ3n) is 6.04. The Hall–Kier alpha value is -2.68. The lowest BCUT2D eigenvalue weighted by Crippen LogP contribution is -2.52. The highest BCUT2D eigenvalue weighted by molar-refractivity contribution is 8.00. The lowest BCUT2D eigenvalue weighted by Gasteiger charge is -2.37. The van der Waals surface area contributed by atoms with Crippen molar-refractivity contribution in [2.75, 3.05) is 39.9 Å². The molecule has 1 amide bonds. The van der Waals surface area contributed by atoms with Crippen LogP contribution in [0.15, 0.2) is 63.9 Å². The van der Waals surface area contributed by atoms with Crippen LogP contribution < -0.4 is 0 Å². The molecule has 33 heavy (non-hydrogen) atoms. The van der Waals surface area contributed by atoms with Crippen LogP contribution in [0.3, 0.4) is 0 Å². The van der Waals surface area contributed by atoms with Crippen molar-refractivity contribution in [1.29, 1.82) is 0 Å². The standard InChI is InChI=1S/C25H28N4O3S/c1-28(14-19-11-12-31-17-19)13-18-7-9-21(10-8-18)33-22-15-29(16-22)25(30)24-27-26-23(32-24)20-5-3-2-4-6-20/h2-10,19,22H,11-17H2,1H3. The number of rotatable bonds is 8. The van der Waals surface area contributed by atoms with Gasteiger partial charge in [0.15, 0.2) is 0 Å². The van der Waals surface area contributed by atoms with Crippen LogP contribution in [0.1, 0.15) is 22.7 Å². The van der Waals surface area contributed by atoms with E-state index in [1.165, 1.54) is 16.9 Å². The van der Waals surface area contributed by atoms with Crippen LogP contribution in [-0.4, -0.2) is 71.1 Å². The molecule has 0 bridgehead atoms. The molecule has 2 aliphatic rings. The lowest BCUT2D eigenvalue weighted by atomic mass is 10.1.